The van der Waals surface area contributed by atoms with Gasteiger partial charge in [-0.05, 0) is 38.6 Å². The van der Waals surface area contributed by atoms with Gasteiger partial charge >= 0.3 is 0 Å². The van der Waals surface area contributed by atoms with Crippen molar-refractivity contribution in [2.45, 2.75) is 18.9 Å². The quantitative estimate of drug-likeness (QED) is 0.779. The van der Waals surface area contributed by atoms with Crippen LogP contribution >= 0.6 is 11.6 Å². The Balaban J connectivity index is 2.05. The number of benzene rings is 1. The van der Waals surface area contributed by atoms with Crippen molar-refractivity contribution >= 4 is 23.0 Å². The molecule has 0 aromatic heterocycles. The largest absolute Gasteiger partial charge is 0.396 e. The summed E-state index contributed by atoms with van der Waals surface area (Å²) in [5.74, 6) is 0. The average Bonchev–Trinajstić information content (AvgIpc) is 2.25. The van der Waals surface area contributed by atoms with E-state index in [2.05, 4.69) is 17.3 Å². The molecule has 0 bridgehead atoms. The van der Waals surface area contributed by atoms with Gasteiger partial charge in [-0.15, -0.1) is 0 Å². The second-order valence-electron chi connectivity index (χ2n) is 4.45. The van der Waals surface area contributed by atoms with Crippen molar-refractivity contribution in [1.29, 1.82) is 0 Å². The third-order valence-electron chi connectivity index (χ3n) is 3.04. The Morgan fingerprint density at radius 1 is 1.50 bits per heavy atom. The Labute approximate surface area is 102 Å². The maximum atomic E-state index is 5.98. The van der Waals surface area contributed by atoms with Crippen molar-refractivity contribution in [2.24, 2.45) is 0 Å². The first-order chi connectivity index (χ1) is 7.66. The van der Waals surface area contributed by atoms with Crippen molar-refractivity contribution in [3.63, 3.8) is 0 Å². The van der Waals surface area contributed by atoms with E-state index in [-0.39, 0.29) is 0 Å². The highest BCUT2D eigenvalue weighted by atomic mass is 35.5. The first-order valence-electron chi connectivity index (χ1n) is 5.66. The molecule has 1 heterocycles. The van der Waals surface area contributed by atoms with E-state index in [1.54, 1.807) is 0 Å². The molecule has 0 spiro atoms. The fraction of sp³-hybridized carbons (Fsp3) is 0.500. The fourth-order valence-electron chi connectivity index (χ4n) is 2.17. The first kappa shape index (κ1) is 11.6. The Bertz CT molecular complexity index is 367. The van der Waals surface area contributed by atoms with Crippen LogP contribution in [0.4, 0.5) is 11.4 Å². The number of nitrogens with two attached hydrogens (primary N) is 1. The SMILES string of the molecule is CN1CCCC(Nc2cccc(Cl)c2N)C1. The molecule has 16 heavy (non-hydrogen) atoms. The molecule has 1 atom stereocenters. The standard InChI is InChI=1S/C12H18ClN3/c1-16-7-3-4-9(8-16)15-11-6-2-5-10(13)12(11)14/h2,5-6,9,15H,3-4,7-8,14H2,1H3. The van der Waals surface area contributed by atoms with Gasteiger partial charge in [0.15, 0.2) is 0 Å². The second kappa shape index (κ2) is 4.93. The normalized spacial score (nSPS) is 22.0. The highest BCUT2D eigenvalue weighted by Crippen LogP contribution is 2.28. The van der Waals surface area contributed by atoms with Crippen LogP contribution < -0.4 is 11.1 Å². The number of hydrogen-bond donors (Lipinski definition) is 2. The number of likely N-dealkylation sites (tertiary alicyclic amines) is 1. The molecule has 4 heteroatoms. The summed E-state index contributed by atoms with van der Waals surface area (Å²) in [6.45, 7) is 2.25. The molecule has 2 rings (SSSR count). The summed E-state index contributed by atoms with van der Waals surface area (Å²) in [6.07, 6.45) is 2.42. The van der Waals surface area contributed by atoms with E-state index in [1.165, 1.54) is 19.4 Å². The summed E-state index contributed by atoms with van der Waals surface area (Å²) >= 11 is 5.98. The molecular formula is C12H18ClN3. The van der Waals surface area contributed by atoms with Crippen LogP contribution in [-0.4, -0.2) is 31.1 Å². The molecule has 1 aromatic carbocycles. The number of para-hydroxylation sites is 1. The van der Waals surface area contributed by atoms with Crippen molar-refractivity contribution in [1.82, 2.24) is 4.90 Å². The van der Waals surface area contributed by atoms with E-state index >= 15 is 0 Å². The summed E-state index contributed by atoms with van der Waals surface area (Å²) in [7, 11) is 2.15. The van der Waals surface area contributed by atoms with Gasteiger partial charge in [0.1, 0.15) is 0 Å². The molecule has 1 aliphatic heterocycles. The van der Waals surface area contributed by atoms with E-state index in [0.717, 1.165) is 12.2 Å². The molecule has 1 fully saturated rings. The molecule has 88 valence electrons. The van der Waals surface area contributed by atoms with Crippen LogP contribution in [0, 0.1) is 0 Å². The maximum absolute atomic E-state index is 5.98. The molecule has 0 radical (unpaired) electrons. The number of nitrogens with zero attached hydrogens (tertiary/aromatic N) is 1. The molecule has 1 unspecified atom stereocenters. The number of hydrogen-bond acceptors (Lipinski definition) is 3. The first-order valence-corrected chi connectivity index (χ1v) is 6.03. The second-order valence-corrected chi connectivity index (χ2v) is 4.85. The van der Waals surface area contributed by atoms with Gasteiger partial charge in [0.05, 0.1) is 16.4 Å². The lowest BCUT2D eigenvalue weighted by Crippen LogP contribution is -2.39. The lowest BCUT2D eigenvalue weighted by molar-refractivity contribution is 0.261. The minimum Gasteiger partial charge on any atom is -0.396 e. The highest BCUT2D eigenvalue weighted by Gasteiger charge is 2.17. The van der Waals surface area contributed by atoms with Crippen molar-refractivity contribution in [2.75, 3.05) is 31.2 Å². The van der Waals surface area contributed by atoms with Crippen LogP contribution in [0.15, 0.2) is 18.2 Å². The third-order valence-corrected chi connectivity index (χ3v) is 3.37. The Hall–Kier alpha value is -0.930. The Morgan fingerprint density at radius 3 is 3.06 bits per heavy atom. The molecule has 0 amide bonds. The zero-order chi connectivity index (χ0) is 11.5. The average molecular weight is 240 g/mol. The summed E-state index contributed by atoms with van der Waals surface area (Å²) in [6, 6.07) is 6.19. The number of nitrogen functional groups attached to an aromatic ring is 1. The van der Waals surface area contributed by atoms with Gasteiger partial charge in [0.25, 0.3) is 0 Å². The van der Waals surface area contributed by atoms with Crippen LogP contribution in [0.3, 0.4) is 0 Å². The lowest BCUT2D eigenvalue weighted by Gasteiger charge is -2.31. The van der Waals surface area contributed by atoms with Crippen LogP contribution in [0.5, 0.6) is 0 Å². The van der Waals surface area contributed by atoms with E-state index < -0.39 is 0 Å². The van der Waals surface area contributed by atoms with E-state index in [9.17, 15) is 0 Å². The molecule has 0 aliphatic carbocycles. The van der Waals surface area contributed by atoms with Gasteiger partial charge in [-0.2, -0.15) is 0 Å². The predicted octanol–water partition coefficient (Wildman–Crippen LogP) is 2.43. The molecule has 3 nitrogen and oxygen atoms in total. The van der Waals surface area contributed by atoms with Crippen molar-refractivity contribution in [3.05, 3.63) is 23.2 Å². The van der Waals surface area contributed by atoms with Crippen LogP contribution in [0.1, 0.15) is 12.8 Å². The monoisotopic (exact) mass is 239 g/mol. The fourth-order valence-corrected chi connectivity index (χ4v) is 2.34. The predicted molar refractivity (Wildman–Crippen MR) is 70.0 cm³/mol. The highest BCUT2D eigenvalue weighted by molar-refractivity contribution is 6.33. The van der Waals surface area contributed by atoms with Crippen molar-refractivity contribution in [3.8, 4) is 0 Å². The van der Waals surface area contributed by atoms with Gasteiger partial charge in [0.2, 0.25) is 0 Å². The zero-order valence-corrected chi connectivity index (χ0v) is 10.3. The van der Waals surface area contributed by atoms with Gasteiger partial charge in [-0.3, -0.25) is 0 Å². The molecular weight excluding hydrogens is 222 g/mol. The number of rotatable bonds is 2. The number of piperidine rings is 1. The topological polar surface area (TPSA) is 41.3 Å². The number of likely N-dealkylation sites (N-methyl/N-ethyl adjacent to an activating group) is 1. The van der Waals surface area contributed by atoms with Gasteiger partial charge in [-0.1, -0.05) is 17.7 Å². The third kappa shape index (κ3) is 2.60. The summed E-state index contributed by atoms with van der Waals surface area (Å²) < 4.78 is 0. The number of anilines is 2. The Morgan fingerprint density at radius 2 is 2.31 bits per heavy atom. The van der Waals surface area contributed by atoms with Gasteiger partial charge < -0.3 is 16.0 Å². The molecule has 0 saturated carbocycles. The maximum Gasteiger partial charge on any atom is 0.0739 e. The smallest absolute Gasteiger partial charge is 0.0739 e. The lowest BCUT2D eigenvalue weighted by atomic mass is 10.1. The minimum atomic E-state index is 0.472. The van der Waals surface area contributed by atoms with Crippen molar-refractivity contribution < 1.29 is 0 Å². The molecule has 1 saturated heterocycles. The van der Waals surface area contributed by atoms with Gasteiger partial charge in [0, 0.05) is 12.6 Å². The summed E-state index contributed by atoms with van der Waals surface area (Å²) in [5.41, 5.74) is 7.53. The molecule has 1 aliphatic rings. The van der Waals surface area contributed by atoms with Crippen LogP contribution in [0.2, 0.25) is 5.02 Å². The zero-order valence-electron chi connectivity index (χ0n) is 9.54. The Kier molecular flexibility index (Phi) is 3.56. The van der Waals surface area contributed by atoms with E-state index in [4.69, 9.17) is 17.3 Å². The summed E-state index contributed by atoms with van der Waals surface area (Å²) in [4.78, 5) is 2.34. The van der Waals surface area contributed by atoms with E-state index in [1.807, 2.05) is 18.2 Å². The molecule has 3 N–H and O–H groups in total. The number of halogens is 1. The minimum absolute atomic E-state index is 0.472. The molecule has 1 aromatic rings. The summed E-state index contributed by atoms with van der Waals surface area (Å²) in [5, 5.41) is 4.09. The van der Waals surface area contributed by atoms with Gasteiger partial charge in [-0.25, -0.2) is 0 Å². The van der Waals surface area contributed by atoms with E-state index in [0.29, 0.717) is 16.8 Å². The number of nitrogens with one attached hydrogen (secondary N) is 1. The van der Waals surface area contributed by atoms with Crippen LogP contribution in [-0.2, 0) is 0 Å². The van der Waals surface area contributed by atoms with Crippen LogP contribution in [0.25, 0.3) is 0 Å².